The summed E-state index contributed by atoms with van der Waals surface area (Å²) in [7, 11) is 0. The number of benzene rings is 1. The van der Waals surface area contributed by atoms with Gasteiger partial charge in [0.05, 0.1) is 10.0 Å². The van der Waals surface area contributed by atoms with Gasteiger partial charge < -0.3 is 4.42 Å². The molecule has 2 heterocycles. The van der Waals surface area contributed by atoms with Gasteiger partial charge in [-0.1, -0.05) is 55.5 Å². The number of nitriles is 1. The summed E-state index contributed by atoms with van der Waals surface area (Å²) in [6, 6.07) is 10.6. The van der Waals surface area contributed by atoms with Gasteiger partial charge in [0.2, 0.25) is 0 Å². The number of amides is 2. The maximum Gasteiger partial charge on any atom is 0.271 e. The van der Waals surface area contributed by atoms with Crippen molar-refractivity contribution >= 4 is 41.1 Å². The number of hydrogen-bond acceptors (Lipinski definition) is 4. The molecule has 0 saturated heterocycles. The van der Waals surface area contributed by atoms with Crippen LogP contribution in [0.25, 0.3) is 17.4 Å². The molecule has 1 aromatic heterocycles. The van der Waals surface area contributed by atoms with Crippen LogP contribution in [0, 0.1) is 11.3 Å². The molecule has 0 N–H and O–H groups in total. The zero-order chi connectivity index (χ0) is 22.5. The molecule has 0 radical (unpaired) electrons. The highest BCUT2D eigenvalue weighted by Gasteiger charge is 2.35. The molecule has 2 aromatic rings. The van der Waals surface area contributed by atoms with Gasteiger partial charge in [-0.05, 0) is 49.3 Å². The van der Waals surface area contributed by atoms with Crippen molar-refractivity contribution in [1.29, 1.82) is 5.26 Å². The minimum atomic E-state index is -0.538. The molecule has 0 unspecified atom stereocenters. The standard InChI is InChI=1S/C24H22Cl2N2O3/c1-3-4-5-6-12-28-23(29)18(15(2)19(14-27)24(28)30)13-16-10-11-21(31-16)17-8-7-9-20(25)22(17)26/h7-11,13H,3-6,12H2,1-2H3/b18-13+. The number of furan rings is 1. The van der Waals surface area contributed by atoms with Gasteiger partial charge in [0.1, 0.15) is 23.2 Å². The van der Waals surface area contributed by atoms with Gasteiger partial charge in [-0.25, -0.2) is 0 Å². The lowest BCUT2D eigenvalue weighted by Gasteiger charge is -2.27. The molecular formula is C24H22Cl2N2O3. The summed E-state index contributed by atoms with van der Waals surface area (Å²) < 4.78 is 5.87. The fourth-order valence-electron chi connectivity index (χ4n) is 3.44. The normalized spacial score (nSPS) is 15.7. The zero-order valence-corrected chi connectivity index (χ0v) is 18.9. The van der Waals surface area contributed by atoms with Crippen molar-refractivity contribution in [2.75, 3.05) is 6.54 Å². The molecule has 0 fully saturated rings. The predicted molar refractivity (Wildman–Crippen MR) is 121 cm³/mol. The molecule has 0 atom stereocenters. The van der Waals surface area contributed by atoms with E-state index in [0.29, 0.717) is 39.1 Å². The van der Waals surface area contributed by atoms with E-state index in [2.05, 4.69) is 6.92 Å². The third-order valence-corrected chi connectivity index (χ3v) is 6.01. The average Bonchev–Trinajstić information content (AvgIpc) is 3.21. The first-order valence-corrected chi connectivity index (χ1v) is 10.9. The van der Waals surface area contributed by atoms with Crippen molar-refractivity contribution in [1.82, 2.24) is 4.90 Å². The van der Waals surface area contributed by atoms with Gasteiger partial charge in [-0.15, -0.1) is 0 Å². The van der Waals surface area contributed by atoms with Crippen molar-refractivity contribution in [3.05, 3.63) is 62.9 Å². The Balaban J connectivity index is 1.95. The fourth-order valence-corrected chi connectivity index (χ4v) is 3.83. The van der Waals surface area contributed by atoms with E-state index in [9.17, 15) is 14.9 Å². The van der Waals surface area contributed by atoms with Crippen molar-refractivity contribution in [3.63, 3.8) is 0 Å². The third-order valence-electron chi connectivity index (χ3n) is 5.19. The minimum Gasteiger partial charge on any atom is -0.457 e. The summed E-state index contributed by atoms with van der Waals surface area (Å²) in [5, 5.41) is 10.3. The van der Waals surface area contributed by atoms with Crippen LogP contribution < -0.4 is 0 Å². The second kappa shape index (κ2) is 10.00. The van der Waals surface area contributed by atoms with E-state index in [4.69, 9.17) is 27.6 Å². The SMILES string of the molecule is CCCCCCN1C(=O)C(C#N)=C(C)/C(=C\c2ccc(-c3cccc(Cl)c3Cl)o2)C1=O. The second-order valence-corrected chi connectivity index (χ2v) is 8.08. The molecule has 0 bridgehead atoms. The van der Waals surface area contributed by atoms with Gasteiger partial charge in [-0.3, -0.25) is 14.5 Å². The van der Waals surface area contributed by atoms with Crippen molar-refractivity contribution in [2.24, 2.45) is 0 Å². The van der Waals surface area contributed by atoms with Crippen LogP contribution in [0.1, 0.15) is 45.3 Å². The number of nitrogens with zero attached hydrogens (tertiary/aromatic N) is 2. The molecule has 1 aromatic carbocycles. The molecule has 0 saturated carbocycles. The zero-order valence-electron chi connectivity index (χ0n) is 17.4. The number of halogens is 2. The van der Waals surface area contributed by atoms with Crippen LogP contribution in [0.5, 0.6) is 0 Å². The van der Waals surface area contributed by atoms with Gasteiger partial charge >= 0.3 is 0 Å². The summed E-state index contributed by atoms with van der Waals surface area (Å²) in [6.07, 6.45) is 5.25. The number of hydrogen-bond donors (Lipinski definition) is 0. The third kappa shape index (κ3) is 4.76. The molecule has 0 aliphatic carbocycles. The lowest BCUT2D eigenvalue weighted by molar-refractivity contribution is -0.140. The van der Waals surface area contributed by atoms with Gasteiger partial charge in [0, 0.05) is 17.7 Å². The smallest absolute Gasteiger partial charge is 0.271 e. The van der Waals surface area contributed by atoms with E-state index in [0.717, 1.165) is 24.2 Å². The van der Waals surface area contributed by atoms with Crippen LogP contribution in [-0.4, -0.2) is 23.3 Å². The lowest BCUT2D eigenvalue weighted by atomic mass is 9.94. The average molecular weight is 457 g/mol. The van der Waals surface area contributed by atoms with Gasteiger partial charge in [0.25, 0.3) is 11.8 Å². The van der Waals surface area contributed by atoms with E-state index in [-0.39, 0.29) is 17.7 Å². The molecule has 1 aliphatic rings. The Bertz CT molecular complexity index is 1120. The summed E-state index contributed by atoms with van der Waals surface area (Å²) in [5.41, 5.74) is 1.23. The molecule has 0 spiro atoms. The van der Waals surface area contributed by atoms with E-state index >= 15 is 0 Å². The summed E-state index contributed by atoms with van der Waals surface area (Å²) in [6.45, 7) is 3.98. The second-order valence-electron chi connectivity index (χ2n) is 7.30. The maximum absolute atomic E-state index is 13.1. The number of imide groups is 1. The molecule has 31 heavy (non-hydrogen) atoms. The summed E-state index contributed by atoms with van der Waals surface area (Å²) in [5.74, 6) is -0.0511. The molecule has 7 heteroatoms. The lowest BCUT2D eigenvalue weighted by Crippen LogP contribution is -2.43. The molecule has 1 aliphatic heterocycles. The quantitative estimate of drug-likeness (QED) is 0.273. The van der Waals surface area contributed by atoms with Crippen LogP contribution in [0.2, 0.25) is 10.0 Å². The number of unbranched alkanes of at least 4 members (excludes halogenated alkanes) is 3. The Hall–Kier alpha value is -2.81. The molecular weight excluding hydrogens is 435 g/mol. The fraction of sp³-hybridized carbons (Fsp3) is 0.292. The Kier molecular flexibility index (Phi) is 7.37. The first kappa shape index (κ1) is 22.9. The first-order chi connectivity index (χ1) is 14.9. The van der Waals surface area contributed by atoms with E-state index in [1.807, 2.05) is 6.07 Å². The van der Waals surface area contributed by atoms with Crippen molar-refractivity contribution in [3.8, 4) is 17.4 Å². The Morgan fingerprint density at radius 3 is 2.58 bits per heavy atom. The first-order valence-electron chi connectivity index (χ1n) is 10.1. The highest BCUT2D eigenvalue weighted by molar-refractivity contribution is 6.43. The minimum absolute atomic E-state index is 0.0222. The number of rotatable bonds is 7. The van der Waals surface area contributed by atoms with Crippen molar-refractivity contribution < 1.29 is 14.0 Å². The van der Waals surface area contributed by atoms with Crippen LogP contribution in [-0.2, 0) is 9.59 Å². The van der Waals surface area contributed by atoms with E-state index in [1.165, 1.54) is 0 Å². The van der Waals surface area contributed by atoms with E-state index in [1.54, 1.807) is 43.3 Å². The van der Waals surface area contributed by atoms with Crippen molar-refractivity contribution in [2.45, 2.75) is 39.5 Å². The highest BCUT2D eigenvalue weighted by Crippen LogP contribution is 2.35. The van der Waals surface area contributed by atoms with Crippen LogP contribution in [0.3, 0.4) is 0 Å². The maximum atomic E-state index is 13.1. The summed E-state index contributed by atoms with van der Waals surface area (Å²) in [4.78, 5) is 26.9. The van der Waals surface area contributed by atoms with Gasteiger partial charge in [-0.2, -0.15) is 5.26 Å². The molecule has 160 valence electrons. The summed E-state index contributed by atoms with van der Waals surface area (Å²) >= 11 is 12.4. The number of carbonyl (C=O) groups is 2. The monoisotopic (exact) mass is 456 g/mol. The van der Waals surface area contributed by atoms with Crippen LogP contribution in [0.15, 0.2) is 51.5 Å². The predicted octanol–water partition coefficient (Wildman–Crippen LogP) is 6.43. The van der Waals surface area contributed by atoms with Gasteiger partial charge in [0.15, 0.2) is 0 Å². The molecule has 5 nitrogen and oxygen atoms in total. The largest absolute Gasteiger partial charge is 0.457 e. The highest BCUT2D eigenvalue weighted by atomic mass is 35.5. The molecule has 3 rings (SSSR count). The molecule has 2 amide bonds. The number of carbonyl (C=O) groups excluding carboxylic acids is 2. The topological polar surface area (TPSA) is 74.3 Å². The Morgan fingerprint density at radius 2 is 1.87 bits per heavy atom. The van der Waals surface area contributed by atoms with Crippen LogP contribution >= 0.6 is 23.2 Å². The Labute approximate surface area is 191 Å². The Morgan fingerprint density at radius 1 is 1.10 bits per heavy atom. The van der Waals surface area contributed by atoms with Crippen LogP contribution in [0.4, 0.5) is 0 Å². The van der Waals surface area contributed by atoms with E-state index < -0.39 is 11.8 Å².